The number of likely N-dealkylation sites (tertiary alicyclic amines) is 1. The summed E-state index contributed by atoms with van der Waals surface area (Å²) < 4.78 is 2.16. The first kappa shape index (κ1) is 23.7. The molecule has 1 aromatic heterocycles. The first-order valence-corrected chi connectivity index (χ1v) is 10.4. The van der Waals surface area contributed by atoms with Gasteiger partial charge < -0.3 is 20.1 Å². The average Bonchev–Trinajstić information content (AvgIpc) is 3.11. The maximum absolute atomic E-state index is 4.42. The summed E-state index contributed by atoms with van der Waals surface area (Å²) in [5, 5.41) is 7.07. The molecule has 3 rings (SSSR count). The van der Waals surface area contributed by atoms with E-state index in [1.165, 1.54) is 50.0 Å². The van der Waals surface area contributed by atoms with Crippen LogP contribution in [0.2, 0.25) is 0 Å². The number of piperidine rings is 1. The van der Waals surface area contributed by atoms with E-state index in [2.05, 4.69) is 61.3 Å². The van der Waals surface area contributed by atoms with Crippen LogP contribution in [0.4, 0.5) is 0 Å². The summed E-state index contributed by atoms with van der Waals surface area (Å²) >= 11 is 0. The predicted molar refractivity (Wildman–Crippen MR) is 131 cm³/mol. The third-order valence-corrected chi connectivity index (χ3v) is 5.42. The molecule has 0 bridgehead atoms. The van der Waals surface area contributed by atoms with Crippen molar-refractivity contribution >= 4 is 29.9 Å². The van der Waals surface area contributed by atoms with Gasteiger partial charge in [-0.15, -0.1) is 24.0 Å². The number of aryl methyl sites for hydroxylation is 1. The molecule has 1 aromatic carbocycles. The number of benzene rings is 1. The Morgan fingerprint density at radius 3 is 2.66 bits per heavy atom. The Balaban J connectivity index is 0.00000300. The van der Waals surface area contributed by atoms with Crippen LogP contribution in [0, 0.1) is 6.92 Å². The molecule has 29 heavy (non-hydrogen) atoms. The topological polar surface area (TPSA) is 57.5 Å². The van der Waals surface area contributed by atoms with Crippen LogP contribution in [-0.4, -0.2) is 53.1 Å². The van der Waals surface area contributed by atoms with E-state index in [0.717, 1.165) is 24.9 Å². The minimum absolute atomic E-state index is 0. The molecule has 1 fully saturated rings. The lowest BCUT2D eigenvalue weighted by Crippen LogP contribution is -2.48. The quantitative estimate of drug-likeness (QED) is 0.341. The Morgan fingerprint density at radius 2 is 2.00 bits per heavy atom. The van der Waals surface area contributed by atoms with Gasteiger partial charge in [0, 0.05) is 51.7 Å². The minimum Gasteiger partial charge on any atom is -0.354 e. The van der Waals surface area contributed by atoms with Gasteiger partial charge in [-0.05, 0) is 43.9 Å². The molecule has 0 aliphatic carbocycles. The van der Waals surface area contributed by atoms with Crippen molar-refractivity contribution in [3.05, 3.63) is 53.6 Å². The second-order valence-corrected chi connectivity index (χ2v) is 7.61. The molecule has 2 N–H and O–H groups in total. The molecule has 0 amide bonds. The number of aromatic nitrogens is 2. The Labute approximate surface area is 192 Å². The smallest absolute Gasteiger partial charge is 0.191 e. The largest absolute Gasteiger partial charge is 0.354 e. The standard InChI is InChI=1S/C22H34N6.HI/c1-4-11-27-12-8-21(9-13-27)26-22(23-3)25-16-19-6-5-7-20(15-19)17-28-14-10-24-18(28)2;/h5-7,10,14-15,21H,4,8-9,11-13,16-17H2,1-3H3,(H2,23,25,26);1H. The van der Waals surface area contributed by atoms with Crippen molar-refractivity contribution in [1.29, 1.82) is 0 Å². The lowest BCUT2D eigenvalue weighted by molar-refractivity contribution is 0.206. The van der Waals surface area contributed by atoms with Crippen LogP contribution in [0.25, 0.3) is 0 Å². The molecular weight excluding hydrogens is 475 g/mol. The van der Waals surface area contributed by atoms with Gasteiger partial charge in [-0.25, -0.2) is 4.98 Å². The number of hydrogen-bond acceptors (Lipinski definition) is 3. The van der Waals surface area contributed by atoms with Crippen molar-refractivity contribution in [3.8, 4) is 0 Å². The maximum atomic E-state index is 4.42. The van der Waals surface area contributed by atoms with Gasteiger partial charge in [0.05, 0.1) is 0 Å². The summed E-state index contributed by atoms with van der Waals surface area (Å²) in [6.07, 6.45) is 7.47. The normalized spacial score (nSPS) is 15.8. The van der Waals surface area contributed by atoms with E-state index in [1.807, 2.05) is 26.4 Å². The highest BCUT2D eigenvalue weighted by molar-refractivity contribution is 14.0. The lowest BCUT2D eigenvalue weighted by atomic mass is 10.1. The Morgan fingerprint density at radius 1 is 1.24 bits per heavy atom. The SMILES string of the molecule is CCCN1CCC(NC(=NC)NCc2cccc(Cn3ccnc3C)c2)CC1.I. The number of hydrogen-bond donors (Lipinski definition) is 2. The molecule has 0 spiro atoms. The van der Waals surface area contributed by atoms with E-state index < -0.39 is 0 Å². The summed E-state index contributed by atoms with van der Waals surface area (Å²) in [5.74, 6) is 1.93. The Bertz CT molecular complexity index is 764. The number of nitrogens with zero attached hydrogens (tertiary/aromatic N) is 4. The monoisotopic (exact) mass is 510 g/mol. The third-order valence-electron chi connectivity index (χ3n) is 5.42. The zero-order chi connectivity index (χ0) is 19.8. The number of imidazole rings is 1. The molecule has 1 aliphatic rings. The summed E-state index contributed by atoms with van der Waals surface area (Å²) in [5.41, 5.74) is 2.54. The molecule has 2 heterocycles. The molecule has 6 nitrogen and oxygen atoms in total. The van der Waals surface area contributed by atoms with Gasteiger partial charge in [-0.3, -0.25) is 4.99 Å². The zero-order valence-electron chi connectivity index (χ0n) is 17.9. The van der Waals surface area contributed by atoms with E-state index in [9.17, 15) is 0 Å². The maximum Gasteiger partial charge on any atom is 0.191 e. The molecule has 7 heteroatoms. The Hall–Kier alpha value is -1.61. The van der Waals surface area contributed by atoms with Gasteiger partial charge in [-0.2, -0.15) is 0 Å². The van der Waals surface area contributed by atoms with Gasteiger partial charge >= 0.3 is 0 Å². The van der Waals surface area contributed by atoms with Gasteiger partial charge in [0.1, 0.15) is 5.82 Å². The Kier molecular flexibility index (Phi) is 9.93. The second kappa shape index (κ2) is 12.2. The third kappa shape index (κ3) is 7.29. The second-order valence-electron chi connectivity index (χ2n) is 7.61. The average molecular weight is 510 g/mol. The van der Waals surface area contributed by atoms with Crippen LogP contribution in [0.5, 0.6) is 0 Å². The minimum atomic E-state index is 0. The van der Waals surface area contributed by atoms with Gasteiger partial charge in [-0.1, -0.05) is 31.2 Å². The summed E-state index contributed by atoms with van der Waals surface area (Å²) in [6.45, 7) is 9.48. The lowest BCUT2D eigenvalue weighted by Gasteiger charge is -2.32. The van der Waals surface area contributed by atoms with Crippen LogP contribution < -0.4 is 10.6 Å². The number of guanidine groups is 1. The fraction of sp³-hybridized carbons (Fsp3) is 0.545. The van der Waals surface area contributed by atoms with Crippen LogP contribution in [0.15, 0.2) is 41.7 Å². The predicted octanol–water partition coefficient (Wildman–Crippen LogP) is 3.40. The number of rotatable bonds is 7. The van der Waals surface area contributed by atoms with E-state index in [0.29, 0.717) is 6.04 Å². The fourth-order valence-electron chi connectivity index (χ4n) is 3.80. The highest BCUT2D eigenvalue weighted by Crippen LogP contribution is 2.11. The first-order chi connectivity index (χ1) is 13.7. The van der Waals surface area contributed by atoms with E-state index in [4.69, 9.17) is 0 Å². The van der Waals surface area contributed by atoms with Gasteiger partial charge in [0.25, 0.3) is 0 Å². The van der Waals surface area contributed by atoms with Crippen LogP contribution in [0.3, 0.4) is 0 Å². The van der Waals surface area contributed by atoms with Crippen molar-refractivity contribution < 1.29 is 0 Å². The molecule has 0 atom stereocenters. The van der Waals surface area contributed by atoms with Gasteiger partial charge in [0.15, 0.2) is 5.96 Å². The number of halogens is 1. The zero-order valence-corrected chi connectivity index (χ0v) is 20.2. The van der Waals surface area contributed by atoms with Crippen molar-refractivity contribution in [2.24, 2.45) is 4.99 Å². The molecule has 0 radical (unpaired) electrons. The molecule has 0 unspecified atom stereocenters. The highest BCUT2D eigenvalue weighted by atomic mass is 127. The molecule has 1 saturated heterocycles. The van der Waals surface area contributed by atoms with Crippen LogP contribution in [0.1, 0.15) is 43.1 Å². The van der Waals surface area contributed by atoms with Crippen molar-refractivity contribution in [1.82, 2.24) is 25.1 Å². The molecule has 1 aliphatic heterocycles. The number of aliphatic imine (C=N–C) groups is 1. The van der Waals surface area contributed by atoms with Crippen LogP contribution >= 0.6 is 24.0 Å². The molecule has 2 aromatic rings. The number of nitrogens with one attached hydrogen (secondary N) is 2. The fourth-order valence-corrected chi connectivity index (χ4v) is 3.80. The van der Waals surface area contributed by atoms with E-state index in [1.54, 1.807) is 0 Å². The van der Waals surface area contributed by atoms with E-state index >= 15 is 0 Å². The molecule has 0 saturated carbocycles. The van der Waals surface area contributed by atoms with Crippen molar-refractivity contribution in [2.45, 2.75) is 52.2 Å². The summed E-state index contributed by atoms with van der Waals surface area (Å²) in [7, 11) is 1.85. The summed E-state index contributed by atoms with van der Waals surface area (Å²) in [6, 6.07) is 9.21. The van der Waals surface area contributed by atoms with E-state index in [-0.39, 0.29) is 24.0 Å². The van der Waals surface area contributed by atoms with Crippen molar-refractivity contribution in [2.75, 3.05) is 26.7 Å². The molecular formula is C22H35IN6. The van der Waals surface area contributed by atoms with Crippen LogP contribution in [-0.2, 0) is 13.1 Å². The summed E-state index contributed by atoms with van der Waals surface area (Å²) in [4.78, 5) is 11.3. The first-order valence-electron chi connectivity index (χ1n) is 10.4. The van der Waals surface area contributed by atoms with Crippen molar-refractivity contribution in [3.63, 3.8) is 0 Å². The van der Waals surface area contributed by atoms with Gasteiger partial charge in [0.2, 0.25) is 0 Å². The highest BCUT2D eigenvalue weighted by Gasteiger charge is 2.19. The molecule has 160 valence electrons.